The number of aromatic nitrogens is 3. The Bertz CT molecular complexity index is 592. The normalized spacial score (nSPS) is 32.5. The summed E-state index contributed by atoms with van der Waals surface area (Å²) in [4.78, 5) is 14.2. The van der Waals surface area contributed by atoms with Crippen LogP contribution in [0.4, 0.5) is 4.39 Å². The highest BCUT2D eigenvalue weighted by Crippen LogP contribution is 2.39. The van der Waals surface area contributed by atoms with Crippen LogP contribution in [0.1, 0.15) is 25.7 Å². The summed E-state index contributed by atoms with van der Waals surface area (Å²) in [5.74, 6) is -0.0767. The maximum Gasteiger partial charge on any atom is 0.260 e. The van der Waals surface area contributed by atoms with E-state index in [1.165, 1.54) is 0 Å². The fourth-order valence-electron chi connectivity index (χ4n) is 3.94. The molecule has 2 saturated heterocycles. The molecule has 1 amide bonds. The Morgan fingerprint density at radius 3 is 2.83 bits per heavy atom. The van der Waals surface area contributed by atoms with Gasteiger partial charge in [-0.2, -0.15) is 0 Å². The molecule has 0 N–H and O–H groups in total. The quantitative estimate of drug-likeness (QED) is 0.816. The molecule has 1 spiro atoms. The SMILES string of the molecule is O=C(N1CCOCC2(CC(Cn3cnnc3)CO2)C1)C1(F)CCC1. The predicted molar refractivity (Wildman–Crippen MR) is 81.9 cm³/mol. The molecule has 3 aliphatic rings. The molecule has 4 rings (SSSR count). The molecule has 3 fully saturated rings. The van der Waals surface area contributed by atoms with Crippen molar-refractivity contribution in [3.63, 3.8) is 0 Å². The van der Waals surface area contributed by atoms with E-state index in [1.54, 1.807) is 17.6 Å². The van der Waals surface area contributed by atoms with Gasteiger partial charge in [0, 0.05) is 19.0 Å². The molecule has 1 saturated carbocycles. The Labute approximate surface area is 140 Å². The number of amides is 1. The molecule has 2 aliphatic heterocycles. The predicted octanol–water partition coefficient (Wildman–Crippen LogP) is 0.804. The van der Waals surface area contributed by atoms with Crippen molar-refractivity contribution in [1.82, 2.24) is 19.7 Å². The lowest BCUT2D eigenvalue weighted by Crippen LogP contribution is -2.54. The van der Waals surface area contributed by atoms with Gasteiger partial charge in [0.15, 0.2) is 5.67 Å². The smallest absolute Gasteiger partial charge is 0.260 e. The van der Waals surface area contributed by atoms with Crippen LogP contribution in [0.3, 0.4) is 0 Å². The van der Waals surface area contributed by atoms with Crippen molar-refractivity contribution in [3.8, 4) is 0 Å². The molecular formula is C16H23FN4O3. The van der Waals surface area contributed by atoms with Gasteiger partial charge in [-0.1, -0.05) is 0 Å². The first-order chi connectivity index (χ1) is 11.6. The van der Waals surface area contributed by atoms with Crippen molar-refractivity contribution in [2.24, 2.45) is 5.92 Å². The summed E-state index contributed by atoms with van der Waals surface area (Å²) in [7, 11) is 0. The van der Waals surface area contributed by atoms with Gasteiger partial charge in [0.25, 0.3) is 5.91 Å². The van der Waals surface area contributed by atoms with Crippen molar-refractivity contribution < 1.29 is 18.7 Å². The van der Waals surface area contributed by atoms with Crippen LogP contribution < -0.4 is 0 Å². The third kappa shape index (κ3) is 2.93. The molecule has 7 nitrogen and oxygen atoms in total. The van der Waals surface area contributed by atoms with E-state index in [2.05, 4.69) is 10.2 Å². The fraction of sp³-hybridized carbons (Fsp3) is 0.812. The minimum Gasteiger partial charge on any atom is -0.377 e. The summed E-state index contributed by atoms with van der Waals surface area (Å²) >= 11 is 0. The first kappa shape index (κ1) is 16.0. The van der Waals surface area contributed by atoms with Gasteiger partial charge < -0.3 is 18.9 Å². The van der Waals surface area contributed by atoms with Gasteiger partial charge in [-0.3, -0.25) is 4.79 Å². The van der Waals surface area contributed by atoms with Crippen LogP contribution in [-0.2, 0) is 20.8 Å². The van der Waals surface area contributed by atoms with Crippen LogP contribution in [0.2, 0.25) is 0 Å². The van der Waals surface area contributed by atoms with Crippen molar-refractivity contribution in [2.45, 2.75) is 43.5 Å². The van der Waals surface area contributed by atoms with Gasteiger partial charge in [-0.15, -0.1) is 10.2 Å². The molecule has 24 heavy (non-hydrogen) atoms. The van der Waals surface area contributed by atoms with Crippen LogP contribution >= 0.6 is 0 Å². The van der Waals surface area contributed by atoms with Crippen molar-refractivity contribution in [1.29, 1.82) is 0 Å². The number of hydrogen-bond donors (Lipinski definition) is 0. The maximum atomic E-state index is 14.5. The van der Waals surface area contributed by atoms with E-state index in [0.717, 1.165) is 19.4 Å². The van der Waals surface area contributed by atoms with Gasteiger partial charge in [-0.05, 0) is 25.7 Å². The van der Waals surface area contributed by atoms with E-state index in [-0.39, 0.29) is 5.91 Å². The number of rotatable bonds is 3. The summed E-state index contributed by atoms with van der Waals surface area (Å²) in [5, 5.41) is 7.63. The molecule has 3 heterocycles. The Hall–Kier alpha value is -1.54. The lowest BCUT2D eigenvalue weighted by Gasteiger charge is -2.39. The number of ether oxygens (including phenoxy) is 2. The van der Waals surface area contributed by atoms with E-state index in [0.29, 0.717) is 51.7 Å². The van der Waals surface area contributed by atoms with E-state index < -0.39 is 11.3 Å². The molecule has 1 aromatic heterocycles. The van der Waals surface area contributed by atoms with Crippen LogP contribution in [-0.4, -0.2) is 69.8 Å². The Kier molecular flexibility index (Phi) is 4.04. The zero-order chi connectivity index (χ0) is 16.6. The second kappa shape index (κ2) is 6.07. The highest BCUT2D eigenvalue weighted by molar-refractivity contribution is 5.86. The van der Waals surface area contributed by atoms with Crippen LogP contribution in [0, 0.1) is 5.92 Å². The topological polar surface area (TPSA) is 69.5 Å². The molecule has 0 radical (unpaired) electrons. The number of hydrogen-bond acceptors (Lipinski definition) is 5. The molecule has 1 aromatic rings. The summed E-state index contributed by atoms with van der Waals surface area (Å²) in [6.45, 7) is 3.11. The lowest BCUT2D eigenvalue weighted by molar-refractivity contribution is -0.153. The minimum absolute atomic E-state index is 0.308. The van der Waals surface area contributed by atoms with Crippen LogP contribution in [0.15, 0.2) is 12.7 Å². The summed E-state index contributed by atoms with van der Waals surface area (Å²) < 4.78 is 28.2. The lowest BCUT2D eigenvalue weighted by atomic mass is 9.80. The van der Waals surface area contributed by atoms with Crippen LogP contribution in [0.5, 0.6) is 0 Å². The fourth-order valence-corrected chi connectivity index (χ4v) is 3.94. The van der Waals surface area contributed by atoms with Crippen molar-refractivity contribution >= 4 is 5.91 Å². The third-order valence-electron chi connectivity index (χ3n) is 5.39. The Morgan fingerprint density at radius 2 is 2.12 bits per heavy atom. The van der Waals surface area contributed by atoms with Gasteiger partial charge in [-0.25, -0.2) is 4.39 Å². The molecule has 1 aliphatic carbocycles. The van der Waals surface area contributed by atoms with E-state index >= 15 is 0 Å². The van der Waals surface area contributed by atoms with E-state index in [4.69, 9.17) is 9.47 Å². The average Bonchev–Trinajstić information content (AvgIpc) is 3.13. The van der Waals surface area contributed by atoms with Gasteiger partial charge in [0.2, 0.25) is 0 Å². The summed E-state index contributed by atoms with van der Waals surface area (Å²) in [6, 6.07) is 0. The monoisotopic (exact) mass is 338 g/mol. The molecule has 0 bridgehead atoms. The van der Waals surface area contributed by atoms with Crippen LogP contribution in [0.25, 0.3) is 0 Å². The number of nitrogens with zero attached hydrogens (tertiary/aromatic N) is 4. The van der Waals surface area contributed by atoms with E-state index in [1.807, 2.05) is 4.57 Å². The first-order valence-corrected chi connectivity index (χ1v) is 8.61. The highest BCUT2D eigenvalue weighted by atomic mass is 19.1. The molecule has 2 atom stereocenters. The van der Waals surface area contributed by atoms with Crippen molar-refractivity contribution in [3.05, 3.63) is 12.7 Å². The average molecular weight is 338 g/mol. The van der Waals surface area contributed by atoms with E-state index in [9.17, 15) is 9.18 Å². The molecule has 2 unspecified atom stereocenters. The maximum absolute atomic E-state index is 14.5. The Morgan fingerprint density at radius 1 is 1.33 bits per heavy atom. The summed E-state index contributed by atoms with van der Waals surface area (Å²) in [6.07, 6.45) is 5.63. The molecular weight excluding hydrogens is 315 g/mol. The summed E-state index contributed by atoms with van der Waals surface area (Å²) in [5.41, 5.74) is -2.18. The second-order valence-electron chi connectivity index (χ2n) is 7.32. The zero-order valence-electron chi connectivity index (χ0n) is 13.7. The molecule has 0 aromatic carbocycles. The third-order valence-corrected chi connectivity index (χ3v) is 5.39. The second-order valence-corrected chi connectivity index (χ2v) is 7.32. The number of alkyl halides is 1. The van der Waals surface area contributed by atoms with Gasteiger partial charge >= 0.3 is 0 Å². The Balaban J connectivity index is 1.43. The van der Waals surface area contributed by atoms with Gasteiger partial charge in [0.1, 0.15) is 18.3 Å². The van der Waals surface area contributed by atoms with Gasteiger partial charge in [0.05, 0.1) is 26.4 Å². The first-order valence-electron chi connectivity index (χ1n) is 8.61. The largest absolute Gasteiger partial charge is 0.377 e. The highest BCUT2D eigenvalue weighted by Gasteiger charge is 2.50. The standard InChI is InChI=1S/C16H23FN4O3/c17-16(2-1-3-16)14(22)21-4-5-23-10-15(9-21)6-13(8-24-15)7-20-11-18-19-12-20/h11-13H,1-10H2. The number of carbonyl (C=O) groups excluding carboxylic acids is 1. The zero-order valence-corrected chi connectivity index (χ0v) is 13.7. The molecule has 8 heteroatoms. The number of carbonyl (C=O) groups is 1. The minimum atomic E-state index is -1.66. The molecule has 132 valence electrons. The number of halogens is 1. The van der Waals surface area contributed by atoms with Crippen molar-refractivity contribution in [2.75, 3.05) is 32.9 Å².